The Hall–Kier alpha value is -2.86. The van der Waals surface area contributed by atoms with Crippen LogP contribution in [0.1, 0.15) is 36.3 Å². The number of aliphatic carboxylic acids is 1. The Balaban J connectivity index is 1.19. The highest BCUT2D eigenvalue weighted by atomic mass is 16.6. The van der Waals surface area contributed by atoms with Crippen molar-refractivity contribution in [1.82, 2.24) is 4.90 Å². The fourth-order valence-electron chi connectivity index (χ4n) is 5.44. The molecule has 0 unspecified atom stereocenters. The van der Waals surface area contributed by atoms with Gasteiger partial charge in [-0.2, -0.15) is 0 Å². The van der Waals surface area contributed by atoms with Crippen molar-refractivity contribution in [2.24, 2.45) is 11.8 Å². The molecule has 1 amide bonds. The number of fused-ring (bicyclic) bond motifs is 3. The van der Waals surface area contributed by atoms with Crippen molar-refractivity contribution in [3.63, 3.8) is 0 Å². The van der Waals surface area contributed by atoms with E-state index in [0.29, 0.717) is 32.7 Å². The Bertz CT molecular complexity index is 936. The first-order valence-corrected chi connectivity index (χ1v) is 11.1. The van der Waals surface area contributed by atoms with Crippen LogP contribution in [-0.4, -0.2) is 54.5 Å². The van der Waals surface area contributed by atoms with Crippen LogP contribution in [0.4, 0.5) is 4.79 Å². The zero-order chi connectivity index (χ0) is 21.4. The van der Waals surface area contributed by atoms with Gasteiger partial charge >= 0.3 is 12.1 Å². The van der Waals surface area contributed by atoms with Gasteiger partial charge in [0.1, 0.15) is 6.61 Å². The van der Waals surface area contributed by atoms with Gasteiger partial charge in [-0.15, -0.1) is 0 Å². The van der Waals surface area contributed by atoms with Crippen molar-refractivity contribution in [2.45, 2.75) is 31.3 Å². The number of carboxylic acid groups (broad SMARTS) is 1. The fourth-order valence-corrected chi connectivity index (χ4v) is 5.44. The fraction of sp³-hybridized carbons (Fsp3) is 0.440. The molecular weight excluding hydrogens is 394 g/mol. The number of carbonyl (C=O) groups excluding carboxylic acids is 1. The summed E-state index contributed by atoms with van der Waals surface area (Å²) in [6.07, 6.45) is 1.55. The molecule has 2 aliphatic heterocycles. The van der Waals surface area contributed by atoms with E-state index < -0.39 is 11.9 Å². The van der Waals surface area contributed by atoms with Crippen LogP contribution in [0.3, 0.4) is 0 Å². The SMILES string of the molecule is O=C(O)[C@@H]1CCO[C@H]1C1CCN(C(=O)OCC2c3ccccc3-c3ccccc32)CC1. The van der Waals surface area contributed by atoms with Crippen LogP contribution in [0.25, 0.3) is 11.1 Å². The number of hydrogen-bond donors (Lipinski definition) is 1. The van der Waals surface area contributed by atoms with Gasteiger partial charge in [0, 0.05) is 25.6 Å². The Morgan fingerprint density at radius 2 is 1.58 bits per heavy atom. The van der Waals surface area contributed by atoms with Gasteiger partial charge in [-0.05, 0) is 47.4 Å². The van der Waals surface area contributed by atoms with Crippen LogP contribution in [0, 0.1) is 11.8 Å². The zero-order valence-electron chi connectivity index (χ0n) is 17.4. The van der Waals surface area contributed by atoms with E-state index >= 15 is 0 Å². The number of nitrogens with zero attached hydrogens (tertiary/aromatic N) is 1. The van der Waals surface area contributed by atoms with E-state index in [1.165, 1.54) is 22.3 Å². The maximum atomic E-state index is 12.8. The molecule has 0 spiro atoms. The number of hydrogen-bond acceptors (Lipinski definition) is 4. The predicted octanol–water partition coefficient (Wildman–Crippen LogP) is 4.14. The van der Waals surface area contributed by atoms with Gasteiger partial charge in [-0.3, -0.25) is 4.79 Å². The van der Waals surface area contributed by atoms with Crippen LogP contribution in [0.2, 0.25) is 0 Å². The maximum absolute atomic E-state index is 12.8. The van der Waals surface area contributed by atoms with Gasteiger partial charge < -0.3 is 19.5 Å². The van der Waals surface area contributed by atoms with Crippen molar-refractivity contribution >= 4 is 12.1 Å². The molecule has 162 valence electrons. The van der Waals surface area contributed by atoms with Crippen molar-refractivity contribution in [3.05, 3.63) is 59.7 Å². The van der Waals surface area contributed by atoms with Gasteiger partial charge in [0.2, 0.25) is 0 Å². The molecule has 2 saturated heterocycles. The average molecular weight is 421 g/mol. The second-order valence-electron chi connectivity index (χ2n) is 8.70. The first-order valence-electron chi connectivity index (χ1n) is 11.1. The number of likely N-dealkylation sites (tertiary alicyclic amines) is 1. The third-order valence-electron chi connectivity index (χ3n) is 7.05. The third-order valence-corrected chi connectivity index (χ3v) is 7.05. The van der Waals surface area contributed by atoms with Crippen molar-refractivity contribution < 1.29 is 24.2 Å². The van der Waals surface area contributed by atoms with E-state index in [-0.39, 0.29) is 24.0 Å². The summed E-state index contributed by atoms with van der Waals surface area (Å²) in [4.78, 5) is 26.0. The Morgan fingerprint density at radius 1 is 0.968 bits per heavy atom. The number of carboxylic acids is 1. The summed E-state index contributed by atoms with van der Waals surface area (Å²) in [6.45, 7) is 1.98. The minimum absolute atomic E-state index is 0.0529. The molecule has 5 rings (SSSR count). The lowest BCUT2D eigenvalue weighted by molar-refractivity contribution is -0.145. The number of piperidine rings is 1. The molecule has 2 aromatic carbocycles. The molecule has 1 aliphatic carbocycles. The summed E-state index contributed by atoms with van der Waals surface area (Å²) >= 11 is 0. The normalized spacial score (nSPS) is 23.4. The second-order valence-corrected chi connectivity index (χ2v) is 8.70. The smallest absolute Gasteiger partial charge is 0.409 e. The van der Waals surface area contributed by atoms with E-state index in [1.807, 2.05) is 24.3 Å². The van der Waals surface area contributed by atoms with E-state index in [9.17, 15) is 14.7 Å². The quantitative estimate of drug-likeness (QED) is 0.803. The minimum Gasteiger partial charge on any atom is -0.481 e. The number of ether oxygens (including phenoxy) is 2. The second kappa shape index (κ2) is 8.35. The number of rotatable bonds is 4. The summed E-state index contributed by atoms with van der Waals surface area (Å²) in [5.74, 6) is -0.967. The largest absolute Gasteiger partial charge is 0.481 e. The van der Waals surface area contributed by atoms with Crippen molar-refractivity contribution in [2.75, 3.05) is 26.3 Å². The summed E-state index contributed by atoms with van der Waals surface area (Å²) in [5, 5.41) is 9.40. The molecule has 3 aliphatic rings. The van der Waals surface area contributed by atoms with Gasteiger partial charge in [0.15, 0.2) is 0 Å². The molecule has 0 radical (unpaired) electrons. The third kappa shape index (κ3) is 3.69. The van der Waals surface area contributed by atoms with Crippen LogP contribution >= 0.6 is 0 Å². The van der Waals surface area contributed by atoms with Gasteiger partial charge in [-0.25, -0.2) is 4.79 Å². The van der Waals surface area contributed by atoms with E-state index in [4.69, 9.17) is 9.47 Å². The van der Waals surface area contributed by atoms with Gasteiger partial charge in [-0.1, -0.05) is 48.5 Å². The molecule has 2 heterocycles. The van der Waals surface area contributed by atoms with Gasteiger partial charge in [0.05, 0.1) is 12.0 Å². The minimum atomic E-state index is -0.776. The molecule has 0 aromatic heterocycles. The zero-order valence-corrected chi connectivity index (χ0v) is 17.4. The lowest BCUT2D eigenvalue weighted by Gasteiger charge is -2.35. The first kappa shape index (κ1) is 20.1. The topological polar surface area (TPSA) is 76.1 Å². The first-order chi connectivity index (χ1) is 15.1. The lowest BCUT2D eigenvalue weighted by atomic mass is 9.84. The average Bonchev–Trinajstić information content (AvgIpc) is 3.41. The molecule has 0 bridgehead atoms. The molecule has 2 aromatic rings. The van der Waals surface area contributed by atoms with E-state index in [2.05, 4.69) is 24.3 Å². The number of benzene rings is 2. The Labute approximate surface area is 181 Å². The monoisotopic (exact) mass is 421 g/mol. The van der Waals surface area contributed by atoms with Crippen LogP contribution < -0.4 is 0 Å². The van der Waals surface area contributed by atoms with Gasteiger partial charge in [0.25, 0.3) is 0 Å². The summed E-state index contributed by atoms with van der Waals surface area (Å²) < 4.78 is 11.5. The number of carbonyl (C=O) groups is 2. The molecule has 31 heavy (non-hydrogen) atoms. The summed E-state index contributed by atoms with van der Waals surface area (Å²) in [6, 6.07) is 16.6. The highest BCUT2D eigenvalue weighted by Crippen LogP contribution is 2.44. The van der Waals surface area contributed by atoms with E-state index in [1.54, 1.807) is 4.90 Å². The van der Waals surface area contributed by atoms with Crippen molar-refractivity contribution in [1.29, 1.82) is 0 Å². The van der Waals surface area contributed by atoms with Crippen LogP contribution in [-0.2, 0) is 14.3 Å². The maximum Gasteiger partial charge on any atom is 0.409 e. The highest BCUT2D eigenvalue weighted by molar-refractivity contribution is 5.79. The molecule has 6 heteroatoms. The number of amides is 1. The van der Waals surface area contributed by atoms with E-state index in [0.717, 1.165) is 12.8 Å². The predicted molar refractivity (Wildman–Crippen MR) is 115 cm³/mol. The van der Waals surface area contributed by atoms with Crippen molar-refractivity contribution in [3.8, 4) is 11.1 Å². The summed E-state index contributed by atoms with van der Waals surface area (Å²) in [7, 11) is 0. The molecular formula is C25H27NO5. The molecule has 1 N–H and O–H groups in total. The lowest BCUT2D eigenvalue weighted by Crippen LogP contribution is -2.43. The Morgan fingerprint density at radius 3 is 2.19 bits per heavy atom. The van der Waals surface area contributed by atoms with Crippen LogP contribution in [0.15, 0.2) is 48.5 Å². The Kier molecular flexibility index (Phi) is 5.40. The molecule has 6 nitrogen and oxygen atoms in total. The molecule has 2 atom stereocenters. The summed E-state index contributed by atoms with van der Waals surface area (Å²) in [5.41, 5.74) is 4.83. The highest BCUT2D eigenvalue weighted by Gasteiger charge is 2.41. The van der Waals surface area contributed by atoms with Crippen LogP contribution in [0.5, 0.6) is 0 Å². The standard InChI is InChI=1S/C25H27NO5/c27-24(28)21-11-14-30-23(21)16-9-12-26(13-10-16)25(29)31-15-22-19-7-3-1-5-17(19)18-6-2-4-8-20(18)22/h1-8,16,21-23H,9-15H2,(H,27,28)/t21-,23+/m1/s1. The molecule has 2 fully saturated rings. The molecule has 0 saturated carbocycles.